The van der Waals surface area contributed by atoms with E-state index >= 15 is 0 Å². The second-order valence-corrected chi connectivity index (χ2v) is 4.46. The first kappa shape index (κ1) is 10.4. The van der Waals surface area contributed by atoms with Crippen molar-refractivity contribution in [1.29, 1.82) is 0 Å². The predicted octanol–water partition coefficient (Wildman–Crippen LogP) is 0.897. The van der Waals surface area contributed by atoms with E-state index in [1.54, 1.807) is 0 Å². The van der Waals surface area contributed by atoms with Gasteiger partial charge in [0.15, 0.2) is 0 Å². The normalized spacial score (nSPS) is 35.1. The van der Waals surface area contributed by atoms with Crippen LogP contribution in [0, 0.1) is 0 Å². The van der Waals surface area contributed by atoms with E-state index in [2.05, 4.69) is 10.6 Å². The highest BCUT2D eigenvalue weighted by molar-refractivity contribution is 4.78. The zero-order valence-corrected chi connectivity index (χ0v) is 8.93. The highest BCUT2D eigenvalue weighted by atomic mass is 16.5. The van der Waals surface area contributed by atoms with Gasteiger partial charge < -0.3 is 15.4 Å². The van der Waals surface area contributed by atoms with Crippen LogP contribution in [0.25, 0.3) is 0 Å². The maximum absolute atomic E-state index is 5.48. The molecule has 14 heavy (non-hydrogen) atoms. The van der Waals surface area contributed by atoms with Crippen LogP contribution in [0.15, 0.2) is 0 Å². The summed E-state index contributed by atoms with van der Waals surface area (Å²) in [4.78, 5) is 0. The number of hydrogen-bond donors (Lipinski definition) is 2. The van der Waals surface area contributed by atoms with E-state index < -0.39 is 0 Å². The monoisotopic (exact) mass is 198 g/mol. The SMILES string of the molecule is C1CNCCC(NC2CCCOC2)C1. The van der Waals surface area contributed by atoms with Crippen LogP contribution in [0.4, 0.5) is 0 Å². The standard InChI is InChI=1S/C11H22N2O/c1-3-10(5-7-12-6-1)13-11-4-2-8-14-9-11/h10-13H,1-9H2. The lowest BCUT2D eigenvalue weighted by Crippen LogP contribution is -2.43. The summed E-state index contributed by atoms with van der Waals surface area (Å²) in [6.07, 6.45) is 6.43. The third-order valence-corrected chi connectivity index (χ3v) is 3.21. The van der Waals surface area contributed by atoms with Gasteiger partial charge in [0.25, 0.3) is 0 Å². The van der Waals surface area contributed by atoms with Crippen molar-refractivity contribution in [3.8, 4) is 0 Å². The zero-order valence-electron chi connectivity index (χ0n) is 8.93. The molecule has 0 aromatic carbocycles. The summed E-state index contributed by atoms with van der Waals surface area (Å²) in [7, 11) is 0. The maximum Gasteiger partial charge on any atom is 0.0619 e. The first-order valence-corrected chi connectivity index (χ1v) is 5.99. The van der Waals surface area contributed by atoms with E-state index in [1.165, 1.54) is 45.2 Å². The van der Waals surface area contributed by atoms with Gasteiger partial charge in [0.2, 0.25) is 0 Å². The van der Waals surface area contributed by atoms with E-state index in [4.69, 9.17) is 4.74 Å². The van der Waals surface area contributed by atoms with Gasteiger partial charge >= 0.3 is 0 Å². The zero-order chi connectivity index (χ0) is 9.64. The van der Waals surface area contributed by atoms with Crippen LogP contribution in [0.1, 0.15) is 32.1 Å². The van der Waals surface area contributed by atoms with Crippen LogP contribution >= 0.6 is 0 Å². The van der Waals surface area contributed by atoms with E-state index in [-0.39, 0.29) is 0 Å². The summed E-state index contributed by atoms with van der Waals surface area (Å²) in [5.41, 5.74) is 0. The van der Waals surface area contributed by atoms with Crippen LogP contribution in [-0.2, 0) is 4.74 Å². The van der Waals surface area contributed by atoms with Gasteiger partial charge in [-0.05, 0) is 45.2 Å². The summed E-state index contributed by atoms with van der Waals surface area (Å²) in [5, 5.41) is 7.18. The van der Waals surface area contributed by atoms with Crippen molar-refractivity contribution >= 4 is 0 Å². The quantitative estimate of drug-likeness (QED) is 0.691. The molecule has 2 aliphatic rings. The molecule has 2 saturated heterocycles. The lowest BCUT2D eigenvalue weighted by atomic mass is 10.1. The molecule has 2 unspecified atom stereocenters. The first-order chi connectivity index (χ1) is 6.95. The van der Waals surface area contributed by atoms with Crippen molar-refractivity contribution in [3.63, 3.8) is 0 Å². The molecule has 0 amide bonds. The molecular formula is C11H22N2O. The smallest absolute Gasteiger partial charge is 0.0619 e. The molecule has 3 heteroatoms. The second-order valence-electron chi connectivity index (χ2n) is 4.46. The van der Waals surface area contributed by atoms with Crippen molar-refractivity contribution in [1.82, 2.24) is 10.6 Å². The van der Waals surface area contributed by atoms with E-state index in [1.807, 2.05) is 0 Å². The highest BCUT2D eigenvalue weighted by Crippen LogP contribution is 2.11. The molecule has 0 aliphatic carbocycles. The van der Waals surface area contributed by atoms with Gasteiger partial charge in [0.1, 0.15) is 0 Å². The summed E-state index contributed by atoms with van der Waals surface area (Å²) in [5.74, 6) is 0. The molecule has 2 rings (SSSR count). The number of ether oxygens (including phenoxy) is 1. The van der Waals surface area contributed by atoms with Crippen molar-refractivity contribution in [3.05, 3.63) is 0 Å². The summed E-state index contributed by atoms with van der Waals surface area (Å²) in [6, 6.07) is 1.34. The molecule has 2 aliphatic heterocycles. The lowest BCUT2D eigenvalue weighted by molar-refractivity contribution is 0.0657. The minimum absolute atomic E-state index is 0.617. The van der Waals surface area contributed by atoms with Crippen LogP contribution in [0.5, 0.6) is 0 Å². The predicted molar refractivity (Wildman–Crippen MR) is 57.5 cm³/mol. The summed E-state index contributed by atoms with van der Waals surface area (Å²) < 4.78 is 5.48. The second kappa shape index (κ2) is 5.69. The molecule has 2 N–H and O–H groups in total. The molecule has 0 aromatic rings. The molecule has 2 atom stereocenters. The average molecular weight is 198 g/mol. The Kier molecular flexibility index (Phi) is 4.22. The van der Waals surface area contributed by atoms with Crippen LogP contribution in [-0.4, -0.2) is 38.4 Å². The topological polar surface area (TPSA) is 33.3 Å². The maximum atomic E-state index is 5.48. The molecule has 2 heterocycles. The molecule has 0 spiro atoms. The Morgan fingerprint density at radius 1 is 1.00 bits per heavy atom. The van der Waals surface area contributed by atoms with Gasteiger partial charge in [0.05, 0.1) is 6.61 Å². The Labute approximate surface area is 86.6 Å². The largest absolute Gasteiger partial charge is 0.380 e. The molecule has 82 valence electrons. The first-order valence-electron chi connectivity index (χ1n) is 5.99. The van der Waals surface area contributed by atoms with Crippen molar-refractivity contribution in [2.24, 2.45) is 0 Å². The van der Waals surface area contributed by atoms with Crippen molar-refractivity contribution in [2.75, 3.05) is 26.3 Å². The average Bonchev–Trinajstić information content (AvgIpc) is 2.48. The molecular weight excluding hydrogens is 176 g/mol. The summed E-state index contributed by atoms with van der Waals surface area (Å²) in [6.45, 7) is 4.25. The molecule has 0 aromatic heterocycles. The fourth-order valence-electron chi connectivity index (χ4n) is 2.39. The van der Waals surface area contributed by atoms with Gasteiger partial charge in [-0.15, -0.1) is 0 Å². The molecule has 0 radical (unpaired) electrons. The van der Waals surface area contributed by atoms with Crippen LogP contribution in [0.2, 0.25) is 0 Å². The van der Waals surface area contributed by atoms with Crippen LogP contribution in [0.3, 0.4) is 0 Å². The number of nitrogens with one attached hydrogen (secondary N) is 2. The van der Waals surface area contributed by atoms with E-state index in [9.17, 15) is 0 Å². The fourth-order valence-corrected chi connectivity index (χ4v) is 2.39. The Balaban J connectivity index is 1.71. The molecule has 0 saturated carbocycles. The van der Waals surface area contributed by atoms with Gasteiger partial charge in [-0.2, -0.15) is 0 Å². The Morgan fingerprint density at radius 3 is 2.79 bits per heavy atom. The van der Waals surface area contributed by atoms with Gasteiger partial charge in [-0.3, -0.25) is 0 Å². The number of rotatable bonds is 2. The third-order valence-electron chi connectivity index (χ3n) is 3.21. The van der Waals surface area contributed by atoms with Crippen LogP contribution < -0.4 is 10.6 Å². The highest BCUT2D eigenvalue weighted by Gasteiger charge is 2.18. The lowest BCUT2D eigenvalue weighted by Gasteiger charge is -2.27. The Morgan fingerprint density at radius 2 is 1.93 bits per heavy atom. The van der Waals surface area contributed by atoms with E-state index in [0.29, 0.717) is 6.04 Å². The van der Waals surface area contributed by atoms with Gasteiger partial charge in [-0.1, -0.05) is 0 Å². The van der Waals surface area contributed by atoms with Gasteiger partial charge in [0, 0.05) is 18.7 Å². The minimum Gasteiger partial charge on any atom is -0.380 e. The minimum atomic E-state index is 0.617. The Hall–Kier alpha value is -0.120. The van der Waals surface area contributed by atoms with Crippen molar-refractivity contribution in [2.45, 2.75) is 44.2 Å². The Bertz CT molecular complexity index is 149. The van der Waals surface area contributed by atoms with Crippen molar-refractivity contribution < 1.29 is 4.74 Å². The molecule has 0 bridgehead atoms. The number of hydrogen-bond acceptors (Lipinski definition) is 3. The molecule has 2 fully saturated rings. The fraction of sp³-hybridized carbons (Fsp3) is 1.00. The summed E-state index contributed by atoms with van der Waals surface area (Å²) >= 11 is 0. The molecule has 3 nitrogen and oxygen atoms in total. The van der Waals surface area contributed by atoms with E-state index in [0.717, 1.165) is 19.3 Å². The van der Waals surface area contributed by atoms with Gasteiger partial charge in [-0.25, -0.2) is 0 Å². The third kappa shape index (κ3) is 3.23.